The summed E-state index contributed by atoms with van der Waals surface area (Å²) in [5.74, 6) is -1.02. The molecule has 0 atom stereocenters. The van der Waals surface area contributed by atoms with Gasteiger partial charge in [0.05, 0.1) is 0 Å². The van der Waals surface area contributed by atoms with Crippen LogP contribution >= 0.6 is 15.9 Å². The number of carbonyl (C=O) groups excluding carboxylic acids is 1. The Morgan fingerprint density at radius 2 is 1.76 bits per heavy atom. The van der Waals surface area contributed by atoms with Gasteiger partial charge in [-0.25, -0.2) is 9.59 Å². The first-order valence-electron chi connectivity index (χ1n) is 6.70. The number of rotatable bonds is 5. The summed E-state index contributed by atoms with van der Waals surface area (Å²) in [5, 5.41) is 9.28. The van der Waals surface area contributed by atoms with Crippen LogP contribution in [0.5, 0.6) is 0 Å². The molecule has 2 amide bonds. The third-order valence-corrected chi connectivity index (χ3v) is 3.93. The molecule has 5 nitrogen and oxygen atoms in total. The summed E-state index contributed by atoms with van der Waals surface area (Å²) in [7, 11) is 1.67. The van der Waals surface area contributed by atoms with Crippen molar-refractivity contribution in [2.45, 2.75) is 32.9 Å². The lowest BCUT2D eigenvalue weighted by Crippen LogP contribution is -2.56. The Bertz CT molecular complexity index is 514. The molecule has 0 unspecified atom stereocenters. The van der Waals surface area contributed by atoms with E-state index in [4.69, 9.17) is 0 Å². The highest BCUT2D eigenvalue weighted by atomic mass is 79.9. The molecule has 0 aliphatic carbocycles. The zero-order valence-corrected chi connectivity index (χ0v) is 14.3. The number of hydrogen-bond acceptors (Lipinski definition) is 2. The van der Waals surface area contributed by atoms with Crippen molar-refractivity contribution in [3.8, 4) is 0 Å². The van der Waals surface area contributed by atoms with Crippen molar-refractivity contribution >= 4 is 27.9 Å². The molecule has 0 radical (unpaired) electrons. The number of benzene rings is 1. The maximum absolute atomic E-state index is 12.5. The summed E-state index contributed by atoms with van der Waals surface area (Å²) in [5.41, 5.74) is -0.252. The van der Waals surface area contributed by atoms with Gasteiger partial charge >= 0.3 is 12.0 Å². The molecular weight excluding hydrogens is 336 g/mol. The molecule has 0 aliphatic rings. The first-order chi connectivity index (χ1) is 9.70. The monoisotopic (exact) mass is 356 g/mol. The highest BCUT2D eigenvalue weighted by molar-refractivity contribution is 9.10. The summed E-state index contributed by atoms with van der Waals surface area (Å²) >= 11 is 3.36. The molecule has 116 valence electrons. The number of aliphatic carboxylic acids is 1. The maximum Gasteiger partial charge on any atom is 0.329 e. The summed E-state index contributed by atoms with van der Waals surface area (Å²) < 4.78 is 0.974. The number of nitrogens with zero attached hydrogens (tertiary/aromatic N) is 2. The molecular formula is C15H21BrN2O3. The topological polar surface area (TPSA) is 60.9 Å². The molecule has 6 heteroatoms. The Morgan fingerprint density at radius 1 is 1.24 bits per heavy atom. The van der Waals surface area contributed by atoms with E-state index in [9.17, 15) is 14.7 Å². The van der Waals surface area contributed by atoms with Crippen LogP contribution in [0.1, 0.15) is 26.3 Å². The number of urea groups is 1. The Labute approximate surface area is 133 Å². The zero-order valence-electron chi connectivity index (χ0n) is 12.8. The second-order valence-electron chi connectivity index (χ2n) is 5.37. The van der Waals surface area contributed by atoms with Gasteiger partial charge in [0.25, 0.3) is 0 Å². The van der Waals surface area contributed by atoms with Crippen LogP contribution < -0.4 is 0 Å². The average Bonchev–Trinajstić information content (AvgIpc) is 2.41. The van der Waals surface area contributed by atoms with Gasteiger partial charge in [0.1, 0.15) is 5.54 Å². The molecule has 1 rings (SSSR count). The lowest BCUT2D eigenvalue weighted by atomic mass is 10.0. The molecule has 0 aliphatic heterocycles. The van der Waals surface area contributed by atoms with Crippen LogP contribution in [0, 0.1) is 0 Å². The smallest absolute Gasteiger partial charge is 0.329 e. The summed E-state index contributed by atoms with van der Waals surface area (Å²) in [6.07, 6.45) is 0. The van der Waals surface area contributed by atoms with Crippen molar-refractivity contribution in [1.82, 2.24) is 9.80 Å². The van der Waals surface area contributed by atoms with E-state index in [-0.39, 0.29) is 6.03 Å². The van der Waals surface area contributed by atoms with Gasteiger partial charge in [0.2, 0.25) is 0 Å². The molecule has 0 bridgehead atoms. The lowest BCUT2D eigenvalue weighted by Gasteiger charge is -2.37. The molecule has 0 heterocycles. The SMILES string of the molecule is CCN(C(=O)N(C)Cc1ccc(Br)cc1)C(C)(C)C(=O)O. The number of amides is 2. The van der Waals surface area contributed by atoms with Gasteiger partial charge in [-0.3, -0.25) is 0 Å². The predicted molar refractivity (Wildman–Crippen MR) is 85.1 cm³/mol. The molecule has 21 heavy (non-hydrogen) atoms. The fourth-order valence-electron chi connectivity index (χ4n) is 2.02. The molecule has 0 spiro atoms. The maximum atomic E-state index is 12.5. The van der Waals surface area contributed by atoms with E-state index < -0.39 is 11.5 Å². The Morgan fingerprint density at radius 3 is 2.19 bits per heavy atom. The van der Waals surface area contributed by atoms with Gasteiger partial charge < -0.3 is 14.9 Å². The lowest BCUT2D eigenvalue weighted by molar-refractivity contribution is -0.147. The van der Waals surface area contributed by atoms with Crippen molar-refractivity contribution in [2.24, 2.45) is 0 Å². The number of hydrogen-bond donors (Lipinski definition) is 1. The fraction of sp³-hybridized carbons (Fsp3) is 0.467. The van der Waals surface area contributed by atoms with Crippen LogP contribution in [-0.2, 0) is 11.3 Å². The molecule has 0 saturated carbocycles. The van der Waals surface area contributed by atoms with E-state index in [0.717, 1.165) is 10.0 Å². The minimum atomic E-state index is -1.24. The quantitative estimate of drug-likeness (QED) is 0.881. The first kappa shape index (κ1) is 17.5. The van der Waals surface area contributed by atoms with Gasteiger partial charge in [-0.2, -0.15) is 0 Å². The van der Waals surface area contributed by atoms with E-state index in [0.29, 0.717) is 13.1 Å². The van der Waals surface area contributed by atoms with E-state index in [1.807, 2.05) is 24.3 Å². The number of halogens is 1. The van der Waals surface area contributed by atoms with Crippen LogP contribution in [-0.4, -0.2) is 46.0 Å². The van der Waals surface area contributed by atoms with Crippen LogP contribution in [0.2, 0.25) is 0 Å². The summed E-state index contributed by atoms with van der Waals surface area (Å²) in [6.45, 7) is 5.60. The summed E-state index contributed by atoms with van der Waals surface area (Å²) in [4.78, 5) is 26.7. The minimum absolute atomic E-state index is 0.298. The molecule has 1 aromatic carbocycles. The highest BCUT2D eigenvalue weighted by Crippen LogP contribution is 2.18. The summed E-state index contributed by atoms with van der Waals surface area (Å²) in [6, 6.07) is 7.37. The van der Waals surface area contributed by atoms with Gasteiger partial charge in [0, 0.05) is 24.6 Å². The largest absolute Gasteiger partial charge is 0.480 e. The van der Waals surface area contributed by atoms with E-state index in [1.165, 1.54) is 23.6 Å². The third kappa shape index (κ3) is 4.20. The van der Waals surface area contributed by atoms with Crippen molar-refractivity contribution < 1.29 is 14.7 Å². The third-order valence-electron chi connectivity index (χ3n) is 3.40. The van der Waals surface area contributed by atoms with Crippen molar-refractivity contribution in [3.05, 3.63) is 34.3 Å². The number of carbonyl (C=O) groups is 2. The fourth-order valence-corrected chi connectivity index (χ4v) is 2.29. The molecule has 0 aromatic heterocycles. The molecule has 0 fully saturated rings. The molecule has 1 N–H and O–H groups in total. The predicted octanol–water partition coefficient (Wildman–Crippen LogP) is 3.19. The zero-order chi connectivity index (χ0) is 16.2. The van der Waals surface area contributed by atoms with Gasteiger partial charge in [-0.15, -0.1) is 0 Å². The van der Waals surface area contributed by atoms with Crippen LogP contribution in [0.15, 0.2) is 28.7 Å². The second-order valence-corrected chi connectivity index (χ2v) is 6.29. The van der Waals surface area contributed by atoms with E-state index in [1.54, 1.807) is 14.0 Å². The number of likely N-dealkylation sites (N-methyl/N-ethyl adjacent to an activating group) is 1. The molecule has 1 aromatic rings. The average molecular weight is 357 g/mol. The van der Waals surface area contributed by atoms with Crippen molar-refractivity contribution in [2.75, 3.05) is 13.6 Å². The van der Waals surface area contributed by atoms with Crippen molar-refractivity contribution in [1.29, 1.82) is 0 Å². The Hall–Kier alpha value is -1.56. The van der Waals surface area contributed by atoms with Gasteiger partial charge in [-0.1, -0.05) is 28.1 Å². The highest BCUT2D eigenvalue weighted by Gasteiger charge is 2.38. The van der Waals surface area contributed by atoms with Gasteiger partial charge in [0.15, 0.2) is 0 Å². The van der Waals surface area contributed by atoms with Gasteiger partial charge in [-0.05, 0) is 38.5 Å². The Kier molecular flexibility index (Phi) is 5.78. The van der Waals surface area contributed by atoms with Crippen LogP contribution in [0.25, 0.3) is 0 Å². The van der Waals surface area contributed by atoms with Crippen LogP contribution in [0.4, 0.5) is 4.79 Å². The second kappa shape index (κ2) is 6.93. The van der Waals surface area contributed by atoms with Crippen molar-refractivity contribution in [3.63, 3.8) is 0 Å². The number of carboxylic acids is 1. The first-order valence-corrected chi connectivity index (χ1v) is 7.50. The Balaban J connectivity index is 2.85. The van der Waals surface area contributed by atoms with E-state index >= 15 is 0 Å². The minimum Gasteiger partial charge on any atom is -0.480 e. The van der Waals surface area contributed by atoms with Crippen LogP contribution in [0.3, 0.4) is 0 Å². The normalized spacial score (nSPS) is 11.1. The van der Waals surface area contributed by atoms with E-state index in [2.05, 4.69) is 15.9 Å². The molecule has 0 saturated heterocycles. The number of carboxylic acid groups (broad SMARTS) is 1. The standard InChI is InChI=1S/C15H21BrN2O3/c1-5-18(15(2,3)13(19)20)14(21)17(4)10-11-6-8-12(16)9-7-11/h6-9H,5,10H2,1-4H3,(H,19,20).